The van der Waals surface area contributed by atoms with Crippen LogP contribution in [0.1, 0.15) is 148 Å². The van der Waals surface area contributed by atoms with Crippen LogP contribution in [0.25, 0.3) is 10.9 Å². The number of fused-ring (bicyclic) bond motifs is 6. The van der Waals surface area contributed by atoms with E-state index in [9.17, 15) is 58.5 Å². The lowest BCUT2D eigenvalue weighted by Crippen LogP contribution is -2.62. The SMILES string of the molecule is CCCC[C@H](NC(=O)CN/N=C/C(=O)NCCCNC(=O)CC[C@@H](C)[C@H]1CC[C@H]2[C@@H]3[C@H](O)C[C@@H]4C[C@H](O)CC[C@]4(C)[C@H]3C[C@H](O)[C@]12C)C(=O)N[C@@H](C)C(=O)N[C@@H](Cc1cnc[nH]1)C(=O)N[C@H](Cc1ccccc1)C(=O)N[C@@H](CCCN=C(N)N)C(=O)N[C@@H](Cc1c[nH]c2ccccc12)C(N)=O. The number of benzene rings is 2. The summed E-state index contributed by atoms with van der Waals surface area (Å²) in [4.78, 5) is 137. The van der Waals surface area contributed by atoms with E-state index in [1.54, 1.807) is 36.5 Å². The third kappa shape index (κ3) is 20.9. The van der Waals surface area contributed by atoms with Crippen LogP contribution < -0.4 is 65.2 Å². The number of hydrogen-bond donors (Lipinski definition) is 17. The van der Waals surface area contributed by atoms with Gasteiger partial charge in [0.1, 0.15) is 49.0 Å². The molecule has 0 saturated heterocycles. The van der Waals surface area contributed by atoms with Gasteiger partial charge < -0.3 is 90.4 Å². The molecular weight excluding hydrogens is 1290 g/mol. The molecule has 0 bridgehead atoms. The number of unbranched alkanes of at least 4 members (excludes halogenated alkanes) is 1. The number of aliphatic hydroxyl groups is 3. The smallest absolute Gasteiger partial charge is 0.264 e. The minimum absolute atomic E-state index is 0.00233. The third-order valence-corrected chi connectivity index (χ3v) is 21.9. The largest absolute Gasteiger partial charge is 0.393 e. The van der Waals surface area contributed by atoms with Crippen molar-refractivity contribution in [3.8, 4) is 0 Å². The minimum atomic E-state index is -1.38. The Morgan fingerprint density at radius 2 is 1.35 bits per heavy atom. The maximum Gasteiger partial charge on any atom is 0.264 e. The lowest BCUT2D eigenvalue weighted by Gasteiger charge is -2.63. The van der Waals surface area contributed by atoms with Crippen molar-refractivity contribution >= 4 is 76.2 Å². The van der Waals surface area contributed by atoms with Gasteiger partial charge in [0.15, 0.2) is 5.96 Å². The molecule has 29 heteroatoms. The number of rotatable bonds is 37. The lowest BCUT2D eigenvalue weighted by atomic mass is 9.43. The molecule has 29 nitrogen and oxygen atoms in total. The predicted molar refractivity (Wildman–Crippen MR) is 380 cm³/mol. The fourth-order valence-electron chi connectivity index (χ4n) is 16.4. The molecule has 0 spiro atoms. The first kappa shape index (κ1) is 77.8. The Hall–Kier alpha value is -8.96. The highest BCUT2D eigenvalue weighted by atomic mass is 16.3. The van der Waals surface area contributed by atoms with Crippen LogP contribution >= 0.6 is 0 Å². The number of hydrogen-bond acceptors (Lipinski definition) is 16. The Balaban J connectivity index is 0.784. The number of nitrogens with one attached hydrogen (secondary N) is 11. The number of hydrazone groups is 1. The van der Waals surface area contributed by atoms with Crippen LogP contribution in [0, 0.1) is 46.3 Å². The Labute approximate surface area is 589 Å². The topological polar surface area (TPSA) is 470 Å². The molecule has 4 fully saturated rings. The van der Waals surface area contributed by atoms with Crippen molar-refractivity contribution in [3.63, 3.8) is 0 Å². The summed E-state index contributed by atoms with van der Waals surface area (Å²) >= 11 is 0. The summed E-state index contributed by atoms with van der Waals surface area (Å²) < 4.78 is 0. The van der Waals surface area contributed by atoms with Crippen LogP contribution in [-0.2, 0) is 62.4 Å². The molecule has 9 amide bonds. The second kappa shape index (κ2) is 36.6. The summed E-state index contributed by atoms with van der Waals surface area (Å²) in [5, 5.41) is 60.6. The monoisotopic (exact) mass is 1400 g/mol. The number of H-pyrrole nitrogens is 2. The summed E-state index contributed by atoms with van der Waals surface area (Å²) in [6.07, 6.45) is 12.7. The second-order valence-corrected chi connectivity index (χ2v) is 28.8. The third-order valence-electron chi connectivity index (χ3n) is 21.9. The van der Waals surface area contributed by atoms with Gasteiger partial charge in [-0.15, -0.1) is 0 Å². The number of aromatic nitrogens is 3. The maximum atomic E-state index is 14.6. The van der Waals surface area contributed by atoms with Gasteiger partial charge in [-0.2, -0.15) is 5.10 Å². The second-order valence-electron chi connectivity index (χ2n) is 28.8. The number of guanidine groups is 1. The van der Waals surface area contributed by atoms with Gasteiger partial charge in [0.2, 0.25) is 47.3 Å². The van der Waals surface area contributed by atoms with E-state index in [1.165, 1.54) is 19.4 Å². The van der Waals surface area contributed by atoms with Gasteiger partial charge >= 0.3 is 0 Å². The number of aromatic amines is 2. The van der Waals surface area contributed by atoms with E-state index in [2.05, 4.69) is 93.8 Å². The molecule has 20 N–H and O–H groups in total. The van der Waals surface area contributed by atoms with Gasteiger partial charge in [-0.3, -0.25) is 48.1 Å². The van der Waals surface area contributed by atoms with E-state index in [4.69, 9.17) is 17.2 Å². The molecule has 4 aliphatic rings. The molecule has 0 radical (unpaired) electrons. The predicted octanol–water partition coefficient (Wildman–Crippen LogP) is 1.15. The van der Waals surface area contributed by atoms with E-state index in [1.807, 2.05) is 31.2 Å². The number of carbonyl (C=O) groups is 9. The number of amides is 9. The van der Waals surface area contributed by atoms with Gasteiger partial charge in [-0.1, -0.05) is 89.1 Å². The molecule has 4 aromatic rings. The molecule has 4 saturated carbocycles. The van der Waals surface area contributed by atoms with E-state index in [-0.39, 0.29) is 116 Å². The summed E-state index contributed by atoms with van der Waals surface area (Å²) in [6.45, 7) is 10.3. The van der Waals surface area contributed by atoms with E-state index in [0.29, 0.717) is 74.7 Å². The highest BCUT2D eigenvalue weighted by Gasteiger charge is 2.66. The van der Waals surface area contributed by atoms with Gasteiger partial charge in [0.25, 0.3) is 5.91 Å². The fourth-order valence-corrected chi connectivity index (χ4v) is 16.4. The number of para-hydroxylation sites is 1. The van der Waals surface area contributed by atoms with Crippen molar-refractivity contribution in [1.29, 1.82) is 0 Å². The van der Waals surface area contributed by atoms with Crippen LogP contribution in [0.3, 0.4) is 0 Å². The zero-order valence-corrected chi connectivity index (χ0v) is 58.8. The summed E-state index contributed by atoms with van der Waals surface area (Å²) in [5.74, 6) is -4.93. The molecule has 4 aliphatic carbocycles. The van der Waals surface area contributed by atoms with Crippen molar-refractivity contribution in [3.05, 3.63) is 90.1 Å². The standard InChI is InChI=1S/C72H107N17O12/c1-6-7-18-53(85-62(95)39-83-82-38-61(94)78-29-14-28-77-60(93)24-21-41(2)49-22-23-50-63-51(35-59(92)72(49,50)5)71(4)26-25-47(90)32-45(71)33-58(63)91)66(98)84-42(3)65(97)88-57(34-46-37-76-40-81-46)69(101)89-56(30-43-15-9-8-10-16-43)68(100)86-54(20-13-27-79-70(74)75)67(99)87-55(64(73)96)31-44-36-80-52-19-12-11-17-48(44)52/h8-12,15-17,19,36-38,40-42,45,47,49-51,53-59,63,80,83,90-92H,6-7,13-14,18,20-35,39H2,1-5H3,(H2,73,96)(H,76,81)(H,77,93)(H,78,94)(H,84,98)(H,85,95)(H,86,100)(H,87,99)(H,88,97)(H,89,101)(H4,74,75,79)/b82-38+/t41-,42+,45+,47-,49-,50+,51+,53+,54+,55+,56-,57+,58-,59+,63+,71+,72-/m1/s1. The zero-order chi connectivity index (χ0) is 73.0. The Kier molecular flexibility index (Phi) is 28.2. The van der Waals surface area contributed by atoms with Crippen LogP contribution in [0.2, 0.25) is 0 Å². The normalized spacial score (nSPS) is 25.0. The molecule has 2 aromatic carbocycles. The number of aliphatic hydroxyl groups excluding tert-OH is 3. The first-order valence-electron chi connectivity index (χ1n) is 35.9. The number of imidazole rings is 1. The summed E-state index contributed by atoms with van der Waals surface area (Å²) in [7, 11) is 0. The van der Waals surface area contributed by atoms with Crippen LogP contribution in [-0.4, -0.2) is 176 Å². The molecule has 17 atom stereocenters. The highest BCUT2D eigenvalue weighted by Crippen LogP contribution is 2.68. The molecule has 0 unspecified atom stereocenters. The van der Waals surface area contributed by atoms with E-state index < -0.39 is 102 Å². The number of aliphatic imine (C=N–C) groups is 1. The summed E-state index contributed by atoms with van der Waals surface area (Å²) in [5.41, 5.74) is 21.7. The molecule has 2 aromatic heterocycles. The van der Waals surface area contributed by atoms with Crippen LogP contribution in [0.5, 0.6) is 0 Å². The molecule has 0 aliphatic heterocycles. The Morgan fingerprint density at radius 1 is 0.683 bits per heavy atom. The van der Waals surface area contributed by atoms with Crippen molar-refractivity contribution in [2.24, 2.45) is 73.6 Å². The molecule has 8 rings (SSSR count). The maximum absolute atomic E-state index is 14.6. The number of nitrogens with zero attached hydrogens (tertiary/aromatic N) is 3. The van der Waals surface area contributed by atoms with E-state index in [0.717, 1.165) is 42.8 Å². The van der Waals surface area contributed by atoms with E-state index >= 15 is 0 Å². The van der Waals surface area contributed by atoms with Gasteiger partial charge in [0, 0.05) is 74.3 Å². The number of carbonyl (C=O) groups excluding carboxylic acids is 9. The van der Waals surface area contributed by atoms with Crippen molar-refractivity contribution in [2.45, 2.75) is 205 Å². The number of primary amides is 1. The first-order valence-corrected chi connectivity index (χ1v) is 35.9. The van der Waals surface area contributed by atoms with Gasteiger partial charge in [-0.25, -0.2) is 4.98 Å². The van der Waals surface area contributed by atoms with Crippen LogP contribution in [0.4, 0.5) is 0 Å². The summed E-state index contributed by atoms with van der Waals surface area (Å²) in [6, 6.07) is 8.59. The molecular formula is C72H107N17O12. The Bertz CT molecular complexity index is 3510. The number of nitrogens with two attached hydrogens (primary N) is 3. The molecule has 101 heavy (non-hydrogen) atoms. The minimum Gasteiger partial charge on any atom is -0.393 e. The lowest BCUT2D eigenvalue weighted by molar-refractivity contribution is -0.207. The van der Waals surface area contributed by atoms with Crippen molar-refractivity contribution < 1.29 is 58.5 Å². The first-order chi connectivity index (χ1) is 48.3. The average molecular weight is 1400 g/mol. The van der Waals surface area contributed by atoms with Crippen molar-refractivity contribution in [1.82, 2.24) is 62.9 Å². The van der Waals surface area contributed by atoms with Crippen molar-refractivity contribution in [2.75, 3.05) is 26.2 Å². The molecule has 552 valence electrons. The molecule has 2 heterocycles. The van der Waals surface area contributed by atoms with Crippen LogP contribution in [0.15, 0.2) is 83.4 Å². The van der Waals surface area contributed by atoms with Gasteiger partial charge in [-0.05, 0) is 148 Å². The fraction of sp³-hybridized carbons (Fsp3) is 0.611. The average Bonchev–Trinajstić information content (AvgIpc) is 1.66. The highest BCUT2D eigenvalue weighted by molar-refractivity contribution is 6.26. The van der Waals surface area contributed by atoms with Gasteiger partial charge in [0.05, 0.1) is 24.6 Å². The zero-order valence-electron chi connectivity index (χ0n) is 58.8. The Morgan fingerprint density at radius 3 is 2.07 bits per heavy atom. The quantitative estimate of drug-likeness (QED) is 0.0130.